The van der Waals surface area contributed by atoms with Gasteiger partial charge in [-0.15, -0.1) is 0 Å². The van der Waals surface area contributed by atoms with Gasteiger partial charge in [0, 0.05) is 24.2 Å². The largest absolute Gasteiger partial charge is 0.493 e. The molecule has 8 heteroatoms. The lowest BCUT2D eigenvalue weighted by Gasteiger charge is -2.25. The third-order valence-corrected chi connectivity index (χ3v) is 5.24. The highest BCUT2D eigenvalue weighted by atomic mass is 35.5. The Balaban J connectivity index is 1.90. The molecule has 0 fully saturated rings. The van der Waals surface area contributed by atoms with Gasteiger partial charge in [-0.3, -0.25) is 4.99 Å². The van der Waals surface area contributed by atoms with E-state index in [2.05, 4.69) is 28.8 Å². The van der Waals surface area contributed by atoms with Crippen molar-refractivity contribution in [3.8, 4) is 11.5 Å². The van der Waals surface area contributed by atoms with Crippen LogP contribution in [0.25, 0.3) is 11.2 Å². The van der Waals surface area contributed by atoms with Crippen molar-refractivity contribution in [2.75, 3.05) is 14.2 Å². The predicted octanol–water partition coefficient (Wildman–Crippen LogP) is 4.16. The predicted molar refractivity (Wildman–Crippen MR) is 113 cm³/mol. The average Bonchev–Trinajstić information content (AvgIpc) is 3.34. The lowest BCUT2D eigenvalue weighted by atomic mass is 9.87. The maximum Gasteiger partial charge on any atom is 0.224 e. The number of para-hydroxylation sites is 1. The molecule has 0 amide bonds. The Hall–Kier alpha value is -2.93. The van der Waals surface area contributed by atoms with Crippen LogP contribution in [0.1, 0.15) is 31.1 Å². The lowest BCUT2D eigenvalue weighted by molar-refractivity contribution is 0.349. The first-order valence-electron chi connectivity index (χ1n) is 9.32. The van der Waals surface area contributed by atoms with Crippen molar-refractivity contribution < 1.29 is 9.47 Å². The van der Waals surface area contributed by atoms with E-state index in [1.165, 1.54) is 0 Å². The van der Waals surface area contributed by atoms with E-state index < -0.39 is 5.54 Å². The standard InChI is InChI=1S/C21H22ClN5O2/c1-13(2)27-12-23-16-18(25-20(22)26-19(16)27)21(9-6-10-24-21)11-14-7-5-8-15(28-3)17(14)29-4/h5-10,12-13H,11H2,1-4H3. The highest BCUT2D eigenvalue weighted by Gasteiger charge is 2.37. The Morgan fingerprint density at radius 1 is 1.17 bits per heavy atom. The number of nitrogens with zero attached hydrogens (tertiary/aromatic N) is 5. The molecule has 0 saturated carbocycles. The van der Waals surface area contributed by atoms with Crippen molar-refractivity contribution in [3.63, 3.8) is 0 Å². The van der Waals surface area contributed by atoms with E-state index in [-0.39, 0.29) is 11.3 Å². The third-order valence-electron chi connectivity index (χ3n) is 5.07. The van der Waals surface area contributed by atoms with Crippen LogP contribution in [0.15, 0.2) is 41.7 Å². The van der Waals surface area contributed by atoms with Crippen LogP contribution in [0.3, 0.4) is 0 Å². The van der Waals surface area contributed by atoms with Gasteiger partial charge in [0.25, 0.3) is 0 Å². The molecule has 1 aromatic carbocycles. The molecule has 2 aromatic heterocycles. The SMILES string of the molecule is COc1cccc(CC2(c3nc(Cl)nc4c3ncn4C(C)C)C=CC=N2)c1OC. The number of rotatable bonds is 6. The summed E-state index contributed by atoms with van der Waals surface area (Å²) < 4.78 is 13.1. The molecule has 1 aliphatic heterocycles. The average molecular weight is 412 g/mol. The van der Waals surface area contributed by atoms with Gasteiger partial charge in [-0.1, -0.05) is 12.1 Å². The van der Waals surface area contributed by atoms with Crippen molar-refractivity contribution >= 4 is 29.0 Å². The van der Waals surface area contributed by atoms with Gasteiger partial charge in [0.1, 0.15) is 16.7 Å². The van der Waals surface area contributed by atoms with Crippen molar-refractivity contribution in [2.45, 2.75) is 31.8 Å². The minimum absolute atomic E-state index is 0.169. The number of fused-ring (bicyclic) bond motifs is 1. The maximum absolute atomic E-state index is 6.32. The van der Waals surface area contributed by atoms with Crippen molar-refractivity contribution in [3.05, 3.63) is 53.2 Å². The molecule has 1 atom stereocenters. The molecule has 0 aliphatic carbocycles. The highest BCUT2D eigenvalue weighted by Crippen LogP contribution is 2.41. The zero-order chi connectivity index (χ0) is 20.6. The summed E-state index contributed by atoms with van der Waals surface area (Å²) in [5, 5.41) is 0.169. The van der Waals surface area contributed by atoms with Crippen LogP contribution >= 0.6 is 11.6 Å². The van der Waals surface area contributed by atoms with Gasteiger partial charge in [0.2, 0.25) is 5.28 Å². The summed E-state index contributed by atoms with van der Waals surface area (Å²) in [5.41, 5.74) is 2.24. The number of allylic oxidation sites excluding steroid dienone is 1. The fourth-order valence-corrected chi connectivity index (χ4v) is 3.87. The number of ether oxygens (including phenoxy) is 2. The molecule has 150 valence electrons. The molecule has 0 N–H and O–H groups in total. The normalized spacial score (nSPS) is 18.1. The van der Waals surface area contributed by atoms with E-state index in [9.17, 15) is 0 Å². The Morgan fingerprint density at radius 2 is 2.00 bits per heavy atom. The Bertz CT molecular complexity index is 1110. The van der Waals surface area contributed by atoms with E-state index in [1.54, 1.807) is 26.8 Å². The van der Waals surface area contributed by atoms with Gasteiger partial charge in [0.05, 0.1) is 20.5 Å². The second kappa shape index (κ2) is 7.48. The molecule has 0 bridgehead atoms. The van der Waals surface area contributed by atoms with Crippen LogP contribution in [0.2, 0.25) is 5.28 Å². The van der Waals surface area contributed by atoms with Crippen LogP contribution in [0, 0.1) is 0 Å². The zero-order valence-electron chi connectivity index (χ0n) is 16.8. The molecule has 29 heavy (non-hydrogen) atoms. The van der Waals surface area contributed by atoms with Crippen LogP contribution in [-0.2, 0) is 12.0 Å². The molecule has 3 heterocycles. The highest BCUT2D eigenvalue weighted by molar-refractivity contribution is 6.28. The van der Waals surface area contributed by atoms with Crippen LogP contribution in [-0.4, -0.2) is 40.0 Å². The Kier molecular flexibility index (Phi) is 5.00. The van der Waals surface area contributed by atoms with Gasteiger partial charge in [0.15, 0.2) is 17.1 Å². The number of hydrogen-bond acceptors (Lipinski definition) is 6. The number of aromatic nitrogens is 4. The van der Waals surface area contributed by atoms with Gasteiger partial charge < -0.3 is 14.0 Å². The first-order valence-corrected chi connectivity index (χ1v) is 9.70. The lowest BCUT2D eigenvalue weighted by Crippen LogP contribution is -2.25. The summed E-state index contributed by atoms with van der Waals surface area (Å²) in [7, 11) is 3.25. The number of halogens is 1. The van der Waals surface area contributed by atoms with Gasteiger partial charge >= 0.3 is 0 Å². The Labute approximate surface area is 174 Å². The smallest absolute Gasteiger partial charge is 0.224 e. The van der Waals surface area contributed by atoms with Gasteiger partial charge in [-0.25, -0.2) is 9.97 Å². The van der Waals surface area contributed by atoms with E-state index in [0.29, 0.717) is 34.8 Å². The summed E-state index contributed by atoms with van der Waals surface area (Å²) in [6.07, 6.45) is 7.98. The van der Waals surface area contributed by atoms with E-state index >= 15 is 0 Å². The number of imidazole rings is 1. The van der Waals surface area contributed by atoms with Gasteiger partial charge in [-0.2, -0.15) is 4.98 Å². The molecule has 1 aliphatic rings. The topological polar surface area (TPSA) is 74.4 Å². The molecule has 0 spiro atoms. The quantitative estimate of drug-likeness (QED) is 0.569. The van der Waals surface area contributed by atoms with E-state index in [0.717, 1.165) is 5.56 Å². The van der Waals surface area contributed by atoms with Crippen molar-refractivity contribution in [1.82, 2.24) is 19.5 Å². The minimum Gasteiger partial charge on any atom is -0.493 e. The summed E-state index contributed by atoms with van der Waals surface area (Å²) in [6, 6.07) is 5.99. The number of benzene rings is 1. The van der Waals surface area contributed by atoms with Crippen LogP contribution in [0.4, 0.5) is 0 Å². The van der Waals surface area contributed by atoms with Crippen LogP contribution in [0.5, 0.6) is 11.5 Å². The molecule has 4 rings (SSSR count). The first kappa shape index (κ1) is 19.4. The summed E-state index contributed by atoms with van der Waals surface area (Å²) >= 11 is 6.32. The molecule has 7 nitrogen and oxygen atoms in total. The molecule has 0 radical (unpaired) electrons. The first-order chi connectivity index (χ1) is 14.0. The summed E-state index contributed by atoms with van der Waals surface area (Å²) in [4.78, 5) is 18.4. The van der Waals surface area contributed by atoms with E-state index in [4.69, 9.17) is 26.1 Å². The summed E-state index contributed by atoms with van der Waals surface area (Å²) in [6.45, 7) is 4.14. The molecule has 3 aromatic rings. The zero-order valence-corrected chi connectivity index (χ0v) is 17.5. The molecule has 0 saturated heterocycles. The fraction of sp³-hybridized carbons (Fsp3) is 0.333. The van der Waals surface area contributed by atoms with Crippen molar-refractivity contribution in [1.29, 1.82) is 0 Å². The van der Waals surface area contributed by atoms with Gasteiger partial charge in [-0.05, 0) is 43.7 Å². The second-order valence-corrected chi connectivity index (χ2v) is 7.49. The molecule has 1 unspecified atom stereocenters. The molecular formula is C21H22ClN5O2. The second-order valence-electron chi connectivity index (χ2n) is 7.15. The third kappa shape index (κ3) is 3.25. The number of aliphatic imine (C=N–C) groups is 1. The fourth-order valence-electron chi connectivity index (χ4n) is 3.70. The minimum atomic E-state index is -0.763. The van der Waals surface area contributed by atoms with E-state index in [1.807, 2.05) is 34.9 Å². The number of hydrogen-bond donors (Lipinski definition) is 0. The Morgan fingerprint density at radius 3 is 2.66 bits per heavy atom. The van der Waals surface area contributed by atoms with Crippen molar-refractivity contribution in [2.24, 2.45) is 4.99 Å². The summed E-state index contributed by atoms with van der Waals surface area (Å²) in [5.74, 6) is 1.34. The maximum atomic E-state index is 6.32. The monoisotopic (exact) mass is 411 g/mol. The van der Waals surface area contributed by atoms with Crippen LogP contribution < -0.4 is 9.47 Å². The molecular weight excluding hydrogens is 390 g/mol. The number of methoxy groups -OCH3 is 2.